The Labute approximate surface area is 198 Å². The fraction of sp³-hybridized carbons (Fsp3) is 0.320. The number of alkyl halides is 2. The normalized spacial score (nSPS) is 21.7. The predicted molar refractivity (Wildman–Crippen MR) is 118 cm³/mol. The quantitative estimate of drug-likeness (QED) is 0.521. The van der Waals surface area contributed by atoms with Crippen LogP contribution in [0.3, 0.4) is 0 Å². The zero-order valence-electron chi connectivity index (χ0n) is 18.5. The molecule has 2 aliphatic heterocycles. The largest absolute Gasteiger partial charge is 0.415 e. The molecule has 3 heterocycles. The summed E-state index contributed by atoms with van der Waals surface area (Å²) >= 11 is 0. The van der Waals surface area contributed by atoms with Crippen LogP contribution in [0, 0.1) is 0 Å². The van der Waals surface area contributed by atoms with Crippen molar-refractivity contribution in [3.8, 4) is 11.5 Å². The first kappa shape index (κ1) is 21.6. The van der Waals surface area contributed by atoms with Crippen molar-refractivity contribution >= 4 is 17.7 Å². The topological polar surface area (TPSA) is 96.6 Å². The Morgan fingerprint density at radius 1 is 0.857 bits per heavy atom. The molecule has 3 aromatic rings. The lowest BCUT2D eigenvalue weighted by atomic mass is 9.88. The number of hydrogen-bond donors (Lipinski definition) is 0. The second kappa shape index (κ2) is 8.07. The van der Waals surface area contributed by atoms with E-state index in [1.165, 1.54) is 4.90 Å². The summed E-state index contributed by atoms with van der Waals surface area (Å²) in [4.78, 5) is 42.8. The Morgan fingerprint density at radius 2 is 1.54 bits per heavy atom. The second-order valence-corrected chi connectivity index (χ2v) is 9.00. The molecule has 6 rings (SSSR count). The molecule has 1 aromatic heterocycles. The highest BCUT2D eigenvalue weighted by Crippen LogP contribution is 2.37. The Bertz CT molecular complexity index is 1340. The van der Waals surface area contributed by atoms with Gasteiger partial charge in [0.05, 0.1) is 23.2 Å². The molecule has 0 saturated heterocycles. The van der Waals surface area contributed by atoms with Crippen molar-refractivity contribution in [2.75, 3.05) is 0 Å². The van der Waals surface area contributed by atoms with Crippen LogP contribution in [0.2, 0.25) is 0 Å². The van der Waals surface area contributed by atoms with Crippen LogP contribution in [0.4, 0.5) is 8.78 Å². The first-order valence-electron chi connectivity index (χ1n) is 11.5. The number of imide groups is 1. The summed E-state index contributed by atoms with van der Waals surface area (Å²) in [6.45, 7) is 0.338. The molecule has 0 spiro atoms. The van der Waals surface area contributed by atoms with Crippen molar-refractivity contribution in [3.05, 3.63) is 70.6 Å². The van der Waals surface area contributed by atoms with Crippen molar-refractivity contribution in [2.45, 2.75) is 50.7 Å². The average molecular weight is 478 g/mol. The third-order valence-electron chi connectivity index (χ3n) is 7.07. The first-order chi connectivity index (χ1) is 16.9. The molecule has 1 aliphatic carbocycles. The van der Waals surface area contributed by atoms with Crippen LogP contribution < -0.4 is 0 Å². The van der Waals surface area contributed by atoms with Crippen LogP contribution in [-0.2, 0) is 6.54 Å². The summed E-state index contributed by atoms with van der Waals surface area (Å²) in [5, 5.41) is 7.01. The number of rotatable bonds is 4. The monoisotopic (exact) mass is 478 g/mol. The third-order valence-corrected chi connectivity index (χ3v) is 7.07. The van der Waals surface area contributed by atoms with E-state index in [9.17, 15) is 23.2 Å². The van der Waals surface area contributed by atoms with Gasteiger partial charge in [0.25, 0.3) is 23.6 Å². The van der Waals surface area contributed by atoms with Gasteiger partial charge in [0.15, 0.2) is 0 Å². The van der Waals surface area contributed by atoms with E-state index in [1.807, 2.05) is 0 Å². The molecular formula is C25H20F2N4O4. The summed E-state index contributed by atoms with van der Waals surface area (Å²) in [7, 11) is 0. The Balaban J connectivity index is 1.29. The molecule has 1 saturated carbocycles. The zero-order valence-corrected chi connectivity index (χ0v) is 18.5. The van der Waals surface area contributed by atoms with E-state index in [-0.39, 0.29) is 29.7 Å². The fourth-order valence-electron chi connectivity index (χ4n) is 5.43. The molecule has 10 heteroatoms. The molecule has 0 N–H and O–H groups in total. The molecule has 3 aliphatic rings. The number of fused-ring (bicyclic) bond motifs is 2. The minimum atomic E-state index is -2.88. The van der Waals surface area contributed by atoms with E-state index < -0.39 is 18.4 Å². The number of nitrogens with zero attached hydrogens (tertiary/aromatic N) is 4. The van der Waals surface area contributed by atoms with Gasteiger partial charge in [0.1, 0.15) is 0 Å². The lowest BCUT2D eigenvalue weighted by molar-refractivity contribution is 0.0306. The molecule has 1 fully saturated rings. The third kappa shape index (κ3) is 3.35. The zero-order chi connectivity index (χ0) is 24.3. The van der Waals surface area contributed by atoms with Gasteiger partial charge in [-0.3, -0.25) is 19.3 Å². The van der Waals surface area contributed by atoms with Gasteiger partial charge in [-0.2, -0.15) is 8.78 Å². The lowest BCUT2D eigenvalue weighted by Crippen LogP contribution is -2.55. The first-order valence-corrected chi connectivity index (χ1v) is 11.5. The molecule has 35 heavy (non-hydrogen) atoms. The van der Waals surface area contributed by atoms with Crippen molar-refractivity contribution in [1.82, 2.24) is 20.0 Å². The number of aromatic nitrogens is 2. The number of carbonyl (C=O) groups is 3. The van der Waals surface area contributed by atoms with Crippen molar-refractivity contribution in [2.24, 2.45) is 0 Å². The van der Waals surface area contributed by atoms with Gasteiger partial charge in [-0.1, -0.05) is 31.0 Å². The second-order valence-electron chi connectivity index (χ2n) is 9.00. The van der Waals surface area contributed by atoms with E-state index in [0.29, 0.717) is 41.6 Å². The minimum Gasteiger partial charge on any atom is -0.415 e. The maximum Gasteiger partial charge on any atom is 0.314 e. The van der Waals surface area contributed by atoms with Crippen LogP contribution in [0.5, 0.6) is 0 Å². The number of carbonyl (C=O) groups excluding carboxylic acids is 3. The highest BCUT2D eigenvalue weighted by molar-refractivity contribution is 6.21. The predicted octanol–water partition coefficient (Wildman–Crippen LogP) is 4.24. The van der Waals surface area contributed by atoms with E-state index in [4.69, 9.17) is 4.42 Å². The highest BCUT2D eigenvalue weighted by Gasteiger charge is 2.47. The summed E-state index contributed by atoms with van der Waals surface area (Å²) in [5.74, 6) is -1.74. The molecule has 3 amide bonds. The molecule has 2 aromatic carbocycles. The Hall–Kier alpha value is -3.95. The average Bonchev–Trinajstić information content (AvgIpc) is 3.55. The van der Waals surface area contributed by atoms with Gasteiger partial charge < -0.3 is 9.32 Å². The molecule has 0 radical (unpaired) electrons. The Kier molecular flexibility index (Phi) is 4.98. The molecule has 0 unspecified atom stereocenters. The number of amides is 3. The van der Waals surface area contributed by atoms with Gasteiger partial charge in [-0.05, 0) is 42.7 Å². The minimum absolute atomic E-state index is 0.0871. The van der Waals surface area contributed by atoms with Gasteiger partial charge in [-0.15, -0.1) is 10.2 Å². The van der Waals surface area contributed by atoms with Crippen LogP contribution in [-0.4, -0.2) is 49.8 Å². The Morgan fingerprint density at radius 3 is 2.20 bits per heavy atom. The summed E-state index contributed by atoms with van der Waals surface area (Å²) in [5.41, 5.74) is 2.36. The van der Waals surface area contributed by atoms with Gasteiger partial charge >= 0.3 is 6.43 Å². The lowest BCUT2D eigenvalue weighted by Gasteiger charge is -2.41. The van der Waals surface area contributed by atoms with E-state index in [1.54, 1.807) is 47.4 Å². The number of benzene rings is 2. The van der Waals surface area contributed by atoms with E-state index in [0.717, 1.165) is 18.4 Å². The van der Waals surface area contributed by atoms with E-state index in [2.05, 4.69) is 10.2 Å². The summed E-state index contributed by atoms with van der Waals surface area (Å²) in [6.07, 6.45) is 0.158. The fourth-order valence-corrected chi connectivity index (χ4v) is 5.43. The van der Waals surface area contributed by atoms with Crippen molar-refractivity contribution in [3.63, 3.8) is 0 Å². The smallest absolute Gasteiger partial charge is 0.314 e. The molecule has 8 nitrogen and oxygen atoms in total. The van der Waals surface area contributed by atoms with Gasteiger partial charge in [-0.25, -0.2) is 0 Å². The van der Waals surface area contributed by atoms with Crippen LogP contribution in [0.25, 0.3) is 11.5 Å². The van der Waals surface area contributed by atoms with Crippen LogP contribution in [0.1, 0.15) is 74.6 Å². The van der Waals surface area contributed by atoms with Crippen molar-refractivity contribution in [1.29, 1.82) is 0 Å². The van der Waals surface area contributed by atoms with E-state index >= 15 is 0 Å². The maximum absolute atomic E-state index is 13.5. The molecule has 2 atom stereocenters. The summed E-state index contributed by atoms with van der Waals surface area (Å²) < 4.78 is 30.7. The van der Waals surface area contributed by atoms with Crippen LogP contribution in [0.15, 0.2) is 46.9 Å². The molecule has 178 valence electrons. The van der Waals surface area contributed by atoms with Crippen molar-refractivity contribution < 1.29 is 27.6 Å². The number of hydrogen-bond acceptors (Lipinski definition) is 6. The maximum atomic E-state index is 13.5. The number of halogens is 2. The molecule has 0 bridgehead atoms. The standard InChI is InChI=1S/C25H20F2N4O4/c26-20(27)22-29-28-21(35-22)13-9-10-14-12-30(23(32)17(14)11-13)18-7-3-4-8-19(18)31-24(33)15-5-1-2-6-16(15)25(31)34/h1-2,5-6,9-11,18-20H,3-4,7-8,12H2/t18-,19-/m1/s1. The molecular weight excluding hydrogens is 458 g/mol. The SMILES string of the molecule is O=C1c2cc(-c3nnc(C(F)F)o3)ccc2CN1[C@@H]1CCCC[C@H]1N1C(=O)c2ccccc2C1=O. The van der Waals surface area contributed by atoms with Gasteiger partial charge in [0, 0.05) is 17.7 Å². The highest BCUT2D eigenvalue weighted by atomic mass is 19.3. The van der Waals surface area contributed by atoms with Gasteiger partial charge in [0.2, 0.25) is 5.89 Å². The van der Waals surface area contributed by atoms with Crippen LogP contribution >= 0.6 is 0 Å². The summed E-state index contributed by atoms with van der Waals surface area (Å²) in [6, 6.07) is 11.0.